The third-order valence-corrected chi connectivity index (χ3v) is 5.80. The van der Waals surface area contributed by atoms with E-state index in [0.717, 1.165) is 10.7 Å². The molecule has 0 unspecified atom stereocenters. The van der Waals surface area contributed by atoms with Crippen LogP contribution in [-0.4, -0.2) is 20.7 Å². The predicted octanol–water partition coefficient (Wildman–Crippen LogP) is 5.55. The van der Waals surface area contributed by atoms with Gasteiger partial charge in [0.2, 0.25) is 0 Å². The molecule has 1 amide bonds. The smallest absolute Gasteiger partial charge is 0.251 e. The molecular formula is C21H20Cl2N4OS. The van der Waals surface area contributed by atoms with Gasteiger partial charge in [0.05, 0.1) is 6.04 Å². The van der Waals surface area contributed by atoms with Crippen molar-refractivity contribution in [2.24, 2.45) is 0 Å². The van der Waals surface area contributed by atoms with E-state index < -0.39 is 0 Å². The number of carbonyl (C=O) groups is 1. The summed E-state index contributed by atoms with van der Waals surface area (Å²) >= 11 is 13.7. The van der Waals surface area contributed by atoms with Crippen LogP contribution in [-0.2, 0) is 12.3 Å². The molecule has 0 aliphatic carbocycles. The number of amides is 1. The second-order valence-corrected chi connectivity index (χ2v) is 8.11. The van der Waals surface area contributed by atoms with Gasteiger partial charge in [-0.2, -0.15) is 0 Å². The summed E-state index contributed by atoms with van der Waals surface area (Å²) in [5.74, 6) is 1.13. The average Bonchev–Trinajstić information content (AvgIpc) is 3.11. The Labute approximate surface area is 184 Å². The standard InChI is InChI=1S/C21H20Cl2N4OS/c1-3-11-27-19(14(2)24-20(28)15-7-5-4-6-8-15)25-26-21(27)29-13-16-9-10-17(22)12-18(16)23/h3-10,12,14H,1,11,13H2,2H3,(H,24,28)/t14-/m1/s1. The molecule has 0 fully saturated rings. The van der Waals surface area contributed by atoms with Crippen molar-refractivity contribution in [1.82, 2.24) is 20.1 Å². The first-order valence-corrected chi connectivity index (χ1v) is 10.7. The van der Waals surface area contributed by atoms with E-state index >= 15 is 0 Å². The molecule has 0 bridgehead atoms. The van der Waals surface area contributed by atoms with Crippen molar-refractivity contribution >= 4 is 40.9 Å². The van der Waals surface area contributed by atoms with Crippen LogP contribution in [0.4, 0.5) is 0 Å². The van der Waals surface area contributed by atoms with Crippen LogP contribution in [0.1, 0.15) is 34.7 Å². The summed E-state index contributed by atoms with van der Waals surface area (Å²) in [6.45, 7) is 6.24. The van der Waals surface area contributed by atoms with E-state index in [9.17, 15) is 4.79 Å². The Morgan fingerprint density at radius 2 is 2.00 bits per heavy atom. The molecule has 29 heavy (non-hydrogen) atoms. The first kappa shape index (κ1) is 21.4. The van der Waals surface area contributed by atoms with E-state index in [2.05, 4.69) is 22.1 Å². The van der Waals surface area contributed by atoms with Gasteiger partial charge >= 0.3 is 0 Å². The van der Waals surface area contributed by atoms with Crippen molar-refractivity contribution in [3.63, 3.8) is 0 Å². The van der Waals surface area contributed by atoms with Crippen molar-refractivity contribution < 1.29 is 4.79 Å². The van der Waals surface area contributed by atoms with Gasteiger partial charge in [0.25, 0.3) is 5.91 Å². The third kappa shape index (κ3) is 5.41. The number of rotatable bonds is 8. The molecule has 0 aliphatic rings. The van der Waals surface area contributed by atoms with Gasteiger partial charge in [0, 0.05) is 27.9 Å². The van der Waals surface area contributed by atoms with E-state index in [0.29, 0.717) is 33.7 Å². The molecule has 1 N–H and O–H groups in total. The molecule has 2 aromatic carbocycles. The van der Waals surface area contributed by atoms with Gasteiger partial charge in [-0.05, 0) is 36.8 Å². The number of aromatic nitrogens is 3. The fourth-order valence-corrected chi connectivity index (χ4v) is 4.26. The summed E-state index contributed by atoms with van der Waals surface area (Å²) in [6, 6.07) is 14.2. The molecule has 3 aromatic rings. The van der Waals surface area contributed by atoms with E-state index in [1.54, 1.807) is 24.3 Å². The normalized spacial score (nSPS) is 11.8. The Balaban J connectivity index is 1.75. The van der Waals surface area contributed by atoms with Gasteiger partial charge in [0.15, 0.2) is 11.0 Å². The summed E-state index contributed by atoms with van der Waals surface area (Å²) in [5.41, 5.74) is 1.56. The second kappa shape index (κ2) is 9.96. The molecular weight excluding hydrogens is 427 g/mol. The lowest BCUT2D eigenvalue weighted by Crippen LogP contribution is -2.28. The van der Waals surface area contributed by atoms with E-state index in [-0.39, 0.29) is 11.9 Å². The van der Waals surface area contributed by atoms with Crippen LogP contribution in [0.5, 0.6) is 0 Å². The number of carbonyl (C=O) groups excluding carboxylic acids is 1. The van der Waals surface area contributed by atoms with Gasteiger partial charge in [-0.25, -0.2) is 0 Å². The average molecular weight is 447 g/mol. The van der Waals surface area contributed by atoms with Crippen molar-refractivity contribution in [1.29, 1.82) is 0 Å². The summed E-state index contributed by atoms with van der Waals surface area (Å²) in [4.78, 5) is 12.5. The maximum atomic E-state index is 12.5. The molecule has 0 aliphatic heterocycles. The zero-order valence-corrected chi connectivity index (χ0v) is 18.1. The fourth-order valence-electron chi connectivity index (χ4n) is 2.74. The monoisotopic (exact) mass is 446 g/mol. The lowest BCUT2D eigenvalue weighted by molar-refractivity contribution is 0.0937. The predicted molar refractivity (Wildman–Crippen MR) is 119 cm³/mol. The van der Waals surface area contributed by atoms with Gasteiger partial charge in [-0.1, -0.05) is 65.3 Å². The van der Waals surface area contributed by atoms with Gasteiger partial charge in [-0.15, -0.1) is 16.8 Å². The Kier molecular flexibility index (Phi) is 7.36. The van der Waals surface area contributed by atoms with E-state index in [1.807, 2.05) is 41.8 Å². The lowest BCUT2D eigenvalue weighted by Gasteiger charge is -2.15. The van der Waals surface area contributed by atoms with Crippen LogP contribution in [0.3, 0.4) is 0 Å². The van der Waals surface area contributed by atoms with Crippen LogP contribution >= 0.6 is 35.0 Å². The molecule has 0 spiro atoms. The van der Waals surface area contributed by atoms with Crippen molar-refractivity contribution in [3.8, 4) is 0 Å². The molecule has 0 saturated heterocycles. The van der Waals surface area contributed by atoms with E-state index in [1.165, 1.54) is 11.8 Å². The number of thioether (sulfide) groups is 1. The molecule has 150 valence electrons. The lowest BCUT2D eigenvalue weighted by atomic mass is 10.2. The Morgan fingerprint density at radius 3 is 2.69 bits per heavy atom. The van der Waals surface area contributed by atoms with Gasteiger partial charge < -0.3 is 9.88 Å². The minimum Gasteiger partial charge on any atom is -0.342 e. The Hall–Kier alpha value is -2.28. The Bertz CT molecular complexity index is 1010. The molecule has 0 radical (unpaired) electrons. The number of benzene rings is 2. The minimum atomic E-state index is -0.316. The second-order valence-electron chi connectivity index (χ2n) is 6.33. The number of nitrogens with one attached hydrogen (secondary N) is 1. The molecule has 1 aromatic heterocycles. The number of hydrogen-bond donors (Lipinski definition) is 1. The highest BCUT2D eigenvalue weighted by atomic mass is 35.5. The maximum absolute atomic E-state index is 12.5. The maximum Gasteiger partial charge on any atom is 0.251 e. The number of hydrogen-bond acceptors (Lipinski definition) is 4. The molecule has 0 saturated carbocycles. The first-order valence-electron chi connectivity index (χ1n) is 8.96. The van der Waals surface area contributed by atoms with Gasteiger partial charge in [-0.3, -0.25) is 4.79 Å². The largest absolute Gasteiger partial charge is 0.342 e. The zero-order valence-electron chi connectivity index (χ0n) is 15.8. The Morgan fingerprint density at radius 1 is 1.24 bits per heavy atom. The highest BCUT2D eigenvalue weighted by molar-refractivity contribution is 7.98. The highest BCUT2D eigenvalue weighted by Gasteiger charge is 2.20. The minimum absolute atomic E-state index is 0.159. The molecule has 8 heteroatoms. The fraction of sp³-hybridized carbons (Fsp3) is 0.190. The number of nitrogens with zero attached hydrogens (tertiary/aromatic N) is 3. The third-order valence-electron chi connectivity index (χ3n) is 4.20. The van der Waals surface area contributed by atoms with Gasteiger partial charge in [0.1, 0.15) is 0 Å². The summed E-state index contributed by atoms with van der Waals surface area (Å²) < 4.78 is 1.94. The summed E-state index contributed by atoms with van der Waals surface area (Å²) in [5, 5.41) is 13.5. The highest BCUT2D eigenvalue weighted by Crippen LogP contribution is 2.29. The van der Waals surface area contributed by atoms with Crippen LogP contribution in [0.15, 0.2) is 66.3 Å². The SMILES string of the molecule is C=CCn1c(SCc2ccc(Cl)cc2Cl)nnc1[C@@H](C)NC(=O)c1ccccc1. The number of allylic oxidation sites excluding steroid dienone is 1. The zero-order chi connectivity index (χ0) is 20.8. The number of halogens is 2. The molecule has 1 atom stereocenters. The van der Waals surface area contributed by atoms with E-state index in [4.69, 9.17) is 23.2 Å². The van der Waals surface area contributed by atoms with Crippen LogP contribution in [0, 0.1) is 0 Å². The molecule has 1 heterocycles. The van der Waals surface area contributed by atoms with Crippen LogP contribution in [0.25, 0.3) is 0 Å². The van der Waals surface area contributed by atoms with Crippen LogP contribution in [0.2, 0.25) is 10.0 Å². The quantitative estimate of drug-likeness (QED) is 0.363. The van der Waals surface area contributed by atoms with Crippen LogP contribution < -0.4 is 5.32 Å². The molecule has 5 nitrogen and oxygen atoms in total. The molecule has 3 rings (SSSR count). The first-order chi connectivity index (χ1) is 14.0. The van der Waals surface area contributed by atoms with Crippen molar-refractivity contribution in [2.75, 3.05) is 0 Å². The summed E-state index contributed by atoms with van der Waals surface area (Å²) in [7, 11) is 0. The van der Waals surface area contributed by atoms with Crippen molar-refractivity contribution in [3.05, 3.63) is 88.2 Å². The topological polar surface area (TPSA) is 59.8 Å². The van der Waals surface area contributed by atoms with Crippen molar-refractivity contribution in [2.45, 2.75) is 30.4 Å². The summed E-state index contributed by atoms with van der Waals surface area (Å²) in [6.07, 6.45) is 1.78.